The fourth-order valence-electron chi connectivity index (χ4n) is 1.86. The van der Waals surface area contributed by atoms with E-state index in [2.05, 4.69) is 22.0 Å². The van der Waals surface area contributed by atoms with E-state index in [0.29, 0.717) is 12.5 Å². The molecule has 0 aliphatic carbocycles. The van der Waals surface area contributed by atoms with E-state index in [1.165, 1.54) is 7.11 Å². The van der Waals surface area contributed by atoms with Crippen LogP contribution in [0, 0.1) is 5.92 Å². The Morgan fingerprint density at radius 1 is 1.44 bits per heavy atom. The molecule has 1 unspecified atom stereocenters. The van der Waals surface area contributed by atoms with Gasteiger partial charge in [0.05, 0.1) is 13.5 Å². The summed E-state index contributed by atoms with van der Waals surface area (Å²) in [5, 5.41) is 2.85. The van der Waals surface area contributed by atoms with Crippen molar-refractivity contribution in [2.45, 2.75) is 19.3 Å². The fourth-order valence-corrected chi connectivity index (χ4v) is 1.86. The first-order valence-electron chi connectivity index (χ1n) is 5.64. The number of nitrogens with one attached hydrogen (secondary N) is 1. The van der Waals surface area contributed by atoms with Crippen LogP contribution < -0.4 is 5.32 Å². The van der Waals surface area contributed by atoms with E-state index in [1.54, 1.807) is 0 Å². The van der Waals surface area contributed by atoms with Gasteiger partial charge in [-0.05, 0) is 25.9 Å². The summed E-state index contributed by atoms with van der Waals surface area (Å²) in [6.07, 6.45) is 1.51. The maximum atomic E-state index is 11.4. The molecule has 0 saturated carbocycles. The van der Waals surface area contributed by atoms with Crippen molar-refractivity contribution in [2.75, 3.05) is 33.8 Å². The van der Waals surface area contributed by atoms with Gasteiger partial charge in [0.15, 0.2) is 0 Å². The van der Waals surface area contributed by atoms with Crippen LogP contribution in [0.1, 0.15) is 19.3 Å². The van der Waals surface area contributed by atoms with Crippen molar-refractivity contribution < 1.29 is 14.3 Å². The lowest BCUT2D eigenvalue weighted by atomic mass is 10.1. The van der Waals surface area contributed by atoms with Crippen LogP contribution >= 0.6 is 0 Å². The molecule has 5 heteroatoms. The summed E-state index contributed by atoms with van der Waals surface area (Å²) in [7, 11) is 3.41. The minimum absolute atomic E-state index is 0.0695. The lowest BCUT2D eigenvalue weighted by Gasteiger charge is -2.11. The second-order valence-electron chi connectivity index (χ2n) is 4.30. The molecule has 5 nitrogen and oxygen atoms in total. The zero-order valence-electron chi connectivity index (χ0n) is 9.99. The van der Waals surface area contributed by atoms with Gasteiger partial charge >= 0.3 is 5.97 Å². The zero-order chi connectivity index (χ0) is 12.0. The Morgan fingerprint density at radius 3 is 2.75 bits per heavy atom. The number of rotatable bonds is 5. The number of amides is 1. The van der Waals surface area contributed by atoms with E-state index in [-0.39, 0.29) is 24.7 Å². The van der Waals surface area contributed by atoms with Crippen molar-refractivity contribution in [3.63, 3.8) is 0 Å². The van der Waals surface area contributed by atoms with Crippen LogP contribution in [0.4, 0.5) is 0 Å². The van der Waals surface area contributed by atoms with Crippen LogP contribution in [0.5, 0.6) is 0 Å². The average Bonchev–Trinajstić information content (AvgIpc) is 2.69. The van der Waals surface area contributed by atoms with Gasteiger partial charge in [-0.2, -0.15) is 0 Å². The Balaban J connectivity index is 2.08. The van der Waals surface area contributed by atoms with E-state index in [9.17, 15) is 9.59 Å². The number of carbonyl (C=O) groups is 2. The van der Waals surface area contributed by atoms with Crippen molar-refractivity contribution in [1.29, 1.82) is 0 Å². The number of carbonyl (C=O) groups excluding carboxylic acids is 2. The first kappa shape index (κ1) is 13.0. The predicted molar refractivity (Wildman–Crippen MR) is 59.9 cm³/mol. The Morgan fingerprint density at radius 2 is 2.19 bits per heavy atom. The monoisotopic (exact) mass is 228 g/mol. The number of hydrogen-bond acceptors (Lipinski definition) is 4. The lowest BCUT2D eigenvalue weighted by molar-refractivity contribution is -0.142. The Kier molecular flexibility index (Phi) is 5.25. The van der Waals surface area contributed by atoms with E-state index in [0.717, 1.165) is 19.5 Å². The number of likely N-dealkylation sites (tertiary alicyclic amines) is 1. The molecule has 0 aromatic heterocycles. The van der Waals surface area contributed by atoms with E-state index >= 15 is 0 Å². The van der Waals surface area contributed by atoms with Gasteiger partial charge in [0, 0.05) is 19.5 Å². The van der Waals surface area contributed by atoms with Crippen LogP contribution in [0.25, 0.3) is 0 Å². The van der Waals surface area contributed by atoms with Crippen LogP contribution in [0.3, 0.4) is 0 Å². The van der Waals surface area contributed by atoms with E-state index in [4.69, 9.17) is 0 Å². The van der Waals surface area contributed by atoms with Crippen molar-refractivity contribution >= 4 is 11.9 Å². The largest absolute Gasteiger partial charge is 0.469 e. The highest BCUT2D eigenvalue weighted by atomic mass is 16.5. The topological polar surface area (TPSA) is 58.6 Å². The Bertz CT molecular complexity index is 256. The quantitative estimate of drug-likeness (QED) is 0.673. The minimum atomic E-state index is -0.337. The van der Waals surface area contributed by atoms with Crippen LogP contribution in [0.2, 0.25) is 0 Å². The lowest BCUT2D eigenvalue weighted by Crippen LogP contribution is -2.30. The van der Waals surface area contributed by atoms with Gasteiger partial charge in [0.1, 0.15) is 0 Å². The highest BCUT2D eigenvalue weighted by molar-refractivity contribution is 5.81. The highest BCUT2D eigenvalue weighted by Crippen LogP contribution is 2.12. The third-order valence-electron chi connectivity index (χ3n) is 2.86. The molecule has 1 N–H and O–H groups in total. The van der Waals surface area contributed by atoms with Gasteiger partial charge in [-0.3, -0.25) is 9.59 Å². The number of nitrogens with zero attached hydrogens (tertiary/aromatic N) is 1. The molecular weight excluding hydrogens is 208 g/mol. The molecule has 1 rings (SSSR count). The standard InChI is InChI=1S/C11H20N2O3/c1-13-6-5-9(8-13)7-12-10(14)3-4-11(15)16-2/h9H,3-8H2,1-2H3,(H,12,14). The summed E-state index contributed by atoms with van der Waals surface area (Å²) in [5.41, 5.74) is 0. The number of esters is 1. The van der Waals surface area contributed by atoms with Crippen molar-refractivity contribution in [2.24, 2.45) is 5.92 Å². The molecule has 1 fully saturated rings. The smallest absolute Gasteiger partial charge is 0.306 e. The molecule has 1 heterocycles. The number of ether oxygens (including phenoxy) is 1. The molecule has 1 aliphatic heterocycles. The van der Waals surface area contributed by atoms with Crippen LogP contribution in [-0.2, 0) is 14.3 Å². The molecule has 0 aromatic rings. The number of methoxy groups -OCH3 is 1. The number of hydrogen-bond donors (Lipinski definition) is 1. The molecule has 1 atom stereocenters. The summed E-state index contributed by atoms with van der Waals surface area (Å²) in [4.78, 5) is 24.4. The summed E-state index contributed by atoms with van der Waals surface area (Å²) in [5.74, 6) is 0.141. The Hall–Kier alpha value is -1.10. The van der Waals surface area contributed by atoms with E-state index < -0.39 is 0 Å². The highest BCUT2D eigenvalue weighted by Gasteiger charge is 2.19. The first-order chi connectivity index (χ1) is 7.61. The molecule has 0 bridgehead atoms. The van der Waals surface area contributed by atoms with Gasteiger partial charge in [-0.1, -0.05) is 0 Å². The van der Waals surface area contributed by atoms with E-state index in [1.807, 2.05) is 0 Å². The summed E-state index contributed by atoms with van der Waals surface area (Å²) >= 11 is 0. The molecule has 0 aromatic carbocycles. The maximum Gasteiger partial charge on any atom is 0.306 e. The van der Waals surface area contributed by atoms with Crippen molar-refractivity contribution in [3.05, 3.63) is 0 Å². The Labute approximate surface area is 96.1 Å². The molecule has 92 valence electrons. The summed E-state index contributed by atoms with van der Waals surface area (Å²) < 4.78 is 4.47. The SMILES string of the molecule is COC(=O)CCC(=O)NCC1CCN(C)C1. The fraction of sp³-hybridized carbons (Fsp3) is 0.818. The predicted octanol–water partition coefficient (Wildman–Crippen LogP) is 0.00750. The van der Waals surface area contributed by atoms with Crippen LogP contribution in [-0.4, -0.2) is 50.6 Å². The van der Waals surface area contributed by atoms with Gasteiger partial charge in [-0.15, -0.1) is 0 Å². The first-order valence-corrected chi connectivity index (χ1v) is 5.64. The molecule has 0 radical (unpaired) electrons. The zero-order valence-corrected chi connectivity index (χ0v) is 9.99. The third kappa shape index (κ3) is 4.61. The summed E-state index contributed by atoms with van der Waals surface area (Å²) in [6, 6.07) is 0. The minimum Gasteiger partial charge on any atom is -0.469 e. The molecule has 1 aliphatic rings. The second-order valence-corrected chi connectivity index (χ2v) is 4.30. The molecule has 1 saturated heterocycles. The maximum absolute atomic E-state index is 11.4. The van der Waals surface area contributed by atoms with Gasteiger partial charge in [-0.25, -0.2) is 0 Å². The summed E-state index contributed by atoms with van der Waals surface area (Å²) in [6.45, 7) is 2.85. The average molecular weight is 228 g/mol. The second kappa shape index (κ2) is 6.48. The normalized spacial score (nSPS) is 20.8. The molecular formula is C11H20N2O3. The van der Waals surface area contributed by atoms with Crippen molar-refractivity contribution in [3.8, 4) is 0 Å². The molecule has 0 spiro atoms. The van der Waals surface area contributed by atoms with Crippen molar-refractivity contribution in [1.82, 2.24) is 10.2 Å². The molecule has 16 heavy (non-hydrogen) atoms. The van der Waals surface area contributed by atoms with Gasteiger partial charge in [0.2, 0.25) is 5.91 Å². The van der Waals surface area contributed by atoms with Gasteiger partial charge < -0.3 is 15.0 Å². The molecule has 1 amide bonds. The van der Waals surface area contributed by atoms with Crippen LogP contribution in [0.15, 0.2) is 0 Å². The third-order valence-corrected chi connectivity index (χ3v) is 2.86. The van der Waals surface area contributed by atoms with Gasteiger partial charge in [0.25, 0.3) is 0 Å².